The minimum Gasteiger partial charge on any atom is -0.461 e. The van der Waals surface area contributed by atoms with Gasteiger partial charge < -0.3 is 14.4 Å². The van der Waals surface area contributed by atoms with E-state index in [0.29, 0.717) is 24.8 Å². The van der Waals surface area contributed by atoms with E-state index in [0.717, 1.165) is 5.56 Å². The van der Waals surface area contributed by atoms with Crippen molar-refractivity contribution in [3.63, 3.8) is 0 Å². The number of amides is 1. The maximum atomic E-state index is 12.0. The van der Waals surface area contributed by atoms with Crippen LogP contribution in [-0.4, -0.2) is 48.6 Å². The van der Waals surface area contributed by atoms with Gasteiger partial charge in [0.25, 0.3) is 0 Å². The van der Waals surface area contributed by atoms with Gasteiger partial charge in [-0.05, 0) is 17.7 Å². The third kappa shape index (κ3) is 4.41. The van der Waals surface area contributed by atoms with Crippen LogP contribution in [0.2, 0.25) is 5.15 Å². The number of rotatable bonds is 6. The van der Waals surface area contributed by atoms with Gasteiger partial charge in [-0.1, -0.05) is 11.6 Å². The van der Waals surface area contributed by atoms with E-state index in [-0.39, 0.29) is 24.9 Å². The summed E-state index contributed by atoms with van der Waals surface area (Å²) in [6.07, 6.45) is 1.75. The number of pyridine rings is 1. The van der Waals surface area contributed by atoms with E-state index in [1.807, 2.05) is 0 Å². The van der Waals surface area contributed by atoms with Crippen LogP contribution >= 0.6 is 11.6 Å². The van der Waals surface area contributed by atoms with Crippen LogP contribution < -0.4 is 0 Å². The second-order valence-corrected chi connectivity index (χ2v) is 5.22. The van der Waals surface area contributed by atoms with Gasteiger partial charge in [-0.15, -0.1) is 0 Å². The summed E-state index contributed by atoms with van der Waals surface area (Å²) >= 11 is 5.76. The van der Waals surface area contributed by atoms with Crippen molar-refractivity contribution in [1.82, 2.24) is 9.88 Å². The number of halogens is 1. The Morgan fingerprint density at radius 1 is 1.57 bits per heavy atom. The second kappa shape index (κ2) is 7.38. The Morgan fingerprint density at radius 2 is 2.38 bits per heavy atom. The number of hydrogen-bond donors (Lipinski definition) is 0. The van der Waals surface area contributed by atoms with E-state index < -0.39 is 5.92 Å². The molecule has 1 aromatic heterocycles. The molecule has 21 heavy (non-hydrogen) atoms. The van der Waals surface area contributed by atoms with E-state index >= 15 is 0 Å². The molecule has 1 fully saturated rings. The summed E-state index contributed by atoms with van der Waals surface area (Å²) < 4.78 is 10.2. The summed E-state index contributed by atoms with van der Waals surface area (Å²) in [6, 6.07) is 3.36. The highest BCUT2D eigenvalue weighted by atomic mass is 35.5. The topological polar surface area (TPSA) is 68.7 Å². The Morgan fingerprint density at radius 3 is 3.10 bits per heavy atom. The standard InChI is InChI=1S/C14H17ClN2O4/c1-20-5-4-17-8-11(7-13(17)18)14(19)21-9-10-2-3-16-12(15)6-10/h2-3,6,11H,4-5,7-9H2,1H3/t11-/m0/s1. The Kier molecular flexibility index (Phi) is 5.52. The van der Waals surface area contributed by atoms with Crippen LogP contribution in [0.25, 0.3) is 0 Å². The molecule has 1 amide bonds. The highest BCUT2D eigenvalue weighted by molar-refractivity contribution is 6.29. The largest absolute Gasteiger partial charge is 0.461 e. The second-order valence-electron chi connectivity index (χ2n) is 4.83. The zero-order valence-electron chi connectivity index (χ0n) is 11.8. The predicted molar refractivity (Wildman–Crippen MR) is 75.6 cm³/mol. The fourth-order valence-electron chi connectivity index (χ4n) is 2.15. The minimum absolute atomic E-state index is 0.0408. The lowest BCUT2D eigenvalue weighted by Gasteiger charge is -2.15. The fraction of sp³-hybridized carbons (Fsp3) is 0.500. The zero-order valence-corrected chi connectivity index (χ0v) is 12.5. The van der Waals surface area contributed by atoms with Gasteiger partial charge in [0.15, 0.2) is 0 Å². The van der Waals surface area contributed by atoms with E-state index in [1.165, 1.54) is 0 Å². The van der Waals surface area contributed by atoms with E-state index in [9.17, 15) is 9.59 Å². The van der Waals surface area contributed by atoms with Crippen LogP contribution in [0.4, 0.5) is 0 Å². The van der Waals surface area contributed by atoms with Crippen molar-refractivity contribution in [2.24, 2.45) is 5.92 Å². The van der Waals surface area contributed by atoms with Gasteiger partial charge in [0.05, 0.1) is 12.5 Å². The van der Waals surface area contributed by atoms with Crippen LogP contribution in [0, 0.1) is 5.92 Å². The van der Waals surface area contributed by atoms with Crippen molar-refractivity contribution in [3.8, 4) is 0 Å². The van der Waals surface area contributed by atoms with Crippen LogP contribution in [0.15, 0.2) is 18.3 Å². The maximum absolute atomic E-state index is 12.0. The van der Waals surface area contributed by atoms with E-state index in [1.54, 1.807) is 30.3 Å². The molecule has 1 aromatic rings. The molecule has 2 rings (SSSR count). The van der Waals surface area contributed by atoms with Gasteiger partial charge in [0.2, 0.25) is 5.91 Å². The van der Waals surface area contributed by atoms with Gasteiger partial charge in [0, 0.05) is 32.8 Å². The summed E-state index contributed by atoms with van der Waals surface area (Å²) in [4.78, 5) is 29.2. The average molecular weight is 313 g/mol. The molecule has 1 aliphatic heterocycles. The van der Waals surface area contributed by atoms with Gasteiger partial charge >= 0.3 is 5.97 Å². The van der Waals surface area contributed by atoms with E-state index in [2.05, 4.69) is 4.98 Å². The molecule has 0 bridgehead atoms. The summed E-state index contributed by atoms with van der Waals surface area (Å²) in [5, 5.41) is 0.352. The molecule has 2 heterocycles. The maximum Gasteiger partial charge on any atom is 0.311 e. The molecule has 7 heteroatoms. The van der Waals surface area contributed by atoms with Gasteiger partial charge in [0.1, 0.15) is 11.8 Å². The van der Waals surface area contributed by atoms with Crippen molar-refractivity contribution in [1.29, 1.82) is 0 Å². The van der Waals surface area contributed by atoms with Crippen LogP contribution in [0.3, 0.4) is 0 Å². The fourth-order valence-corrected chi connectivity index (χ4v) is 2.35. The number of methoxy groups -OCH3 is 1. The predicted octanol–water partition coefficient (Wildman–Crippen LogP) is 1.27. The SMILES string of the molecule is COCCN1C[C@@H](C(=O)OCc2ccnc(Cl)c2)CC1=O. The Bertz CT molecular complexity index is 523. The van der Waals surface area contributed by atoms with Crippen molar-refractivity contribution in [2.75, 3.05) is 26.8 Å². The normalized spacial score (nSPS) is 18.1. The lowest BCUT2D eigenvalue weighted by atomic mass is 10.1. The first-order valence-electron chi connectivity index (χ1n) is 6.64. The van der Waals surface area contributed by atoms with Crippen LogP contribution in [0.1, 0.15) is 12.0 Å². The zero-order chi connectivity index (χ0) is 15.2. The molecule has 0 radical (unpaired) electrons. The number of esters is 1. The van der Waals surface area contributed by atoms with Gasteiger partial charge in [-0.2, -0.15) is 0 Å². The number of aromatic nitrogens is 1. The molecule has 0 saturated carbocycles. The van der Waals surface area contributed by atoms with Crippen molar-refractivity contribution in [3.05, 3.63) is 29.0 Å². The quantitative estimate of drug-likeness (QED) is 0.584. The molecule has 114 valence electrons. The third-order valence-corrected chi connectivity index (χ3v) is 3.49. The molecule has 0 aromatic carbocycles. The van der Waals surface area contributed by atoms with Gasteiger partial charge in [-0.25, -0.2) is 4.98 Å². The average Bonchev–Trinajstić information content (AvgIpc) is 2.84. The number of carbonyl (C=O) groups is 2. The molecular weight excluding hydrogens is 296 g/mol. The van der Waals surface area contributed by atoms with E-state index in [4.69, 9.17) is 21.1 Å². The summed E-state index contributed by atoms with van der Waals surface area (Å²) in [6.45, 7) is 1.48. The van der Waals surface area contributed by atoms with Crippen molar-refractivity contribution < 1.29 is 19.1 Å². The molecule has 1 saturated heterocycles. The highest BCUT2D eigenvalue weighted by Gasteiger charge is 2.35. The third-order valence-electron chi connectivity index (χ3n) is 3.29. The molecule has 0 unspecified atom stereocenters. The molecular formula is C14H17ClN2O4. The molecule has 6 nitrogen and oxygen atoms in total. The lowest BCUT2D eigenvalue weighted by molar-refractivity contribution is -0.149. The highest BCUT2D eigenvalue weighted by Crippen LogP contribution is 2.19. The molecule has 0 spiro atoms. The molecule has 1 atom stereocenters. The molecule has 0 N–H and O–H groups in total. The monoisotopic (exact) mass is 312 g/mol. The number of ether oxygens (including phenoxy) is 2. The number of likely N-dealkylation sites (tertiary alicyclic amines) is 1. The summed E-state index contributed by atoms with van der Waals surface area (Å²) in [7, 11) is 1.58. The minimum atomic E-state index is -0.410. The first-order chi connectivity index (χ1) is 10.1. The number of carbonyl (C=O) groups excluding carboxylic acids is 2. The smallest absolute Gasteiger partial charge is 0.311 e. The first kappa shape index (κ1) is 15.7. The van der Waals surface area contributed by atoms with Crippen LogP contribution in [0.5, 0.6) is 0 Å². The van der Waals surface area contributed by atoms with Crippen molar-refractivity contribution in [2.45, 2.75) is 13.0 Å². The lowest BCUT2D eigenvalue weighted by Crippen LogP contribution is -2.29. The Balaban J connectivity index is 1.83. The molecule has 0 aliphatic carbocycles. The summed E-state index contributed by atoms with van der Waals surface area (Å²) in [5.74, 6) is -0.816. The Labute approximate surface area is 128 Å². The Hall–Kier alpha value is -1.66. The first-order valence-corrected chi connectivity index (χ1v) is 7.01. The van der Waals surface area contributed by atoms with Crippen LogP contribution in [-0.2, 0) is 25.7 Å². The summed E-state index contributed by atoms with van der Waals surface area (Å²) in [5.41, 5.74) is 0.768. The molecule has 1 aliphatic rings. The van der Waals surface area contributed by atoms with Gasteiger partial charge in [-0.3, -0.25) is 9.59 Å². The number of hydrogen-bond acceptors (Lipinski definition) is 5. The number of nitrogens with zero attached hydrogens (tertiary/aromatic N) is 2. The van der Waals surface area contributed by atoms with Crippen molar-refractivity contribution >= 4 is 23.5 Å².